The van der Waals surface area contributed by atoms with Crippen molar-refractivity contribution in [1.29, 1.82) is 0 Å². The number of nitrogens with zero attached hydrogens (tertiary/aromatic N) is 1. The summed E-state index contributed by atoms with van der Waals surface area (Å²) in [6.45, 7) is 4.40. The maximum absolute atomic E-state index is 5.84. The first-order valence-electron chi connectivity index (χ1n) is 5.29. The van der Waals surface area contributed by atoms with E-state index in [2.05, 4.69) is 18.8 Å². The molecule has 1 rings (SSSR count). The van der Waals surface area contributed by atoms with E-state index in [-0.39, 0.29) is 6.67 Å². The Morgan fingerprint density at radius 1 is 1.44 bits per heavy atom. The molecule has 0 unspecified atom stereocenters. The molecule has 0 heterocycles. The highest BCUT2D eigenvalue weighted by Gasteiger charge is 2.13. The van der Waals surface area contributed by atoms with Gasteiger partial charge in [0, 0.05) is 0 Å². The Kier molecular flexibility index (Phi) is 4.31. The fourth-order valence-corrected chi connectivity index (χ4v) is 1.62. The predicted molar refractivity (Wildman–Crippen MR) is 66.9 cm³/mol. The molecule has 0 aliphatic carbocycles. The van der Waals surface area contributed by atoms with Gasteiger partial charge in [-0.1, -0.05) is 26.0 Å². The van der Waals surface area contributed by atoms with E-state index < -0.39 is 0 Å². The Morgan fingerprint density at radius 2 is 2.12 bits per heavy atom. The largest absolute Gasteiger partial charge is 0.496 e. The minimum Gasteiger partial charge on any atom is -0.496 e. The summed E-state index contributed by atoms with van der Waals surface area (Å²) in [4.78, 5) is 4.00. The molecule has 1 aromatic carbocycles. The second-order valence-corrected chi connectivity index (χ2v) is 3.81. The molecule has 0 saturated heterocycles. The molecule has 0 spiro atoms. The second-order valence-electron chi connectivity index (χ2n) is 3.81. The van der Waals surface area contributed by atoms with Gasteiger partial charge in [0.1, 0.15) is 11.6 Å². The van der Waals surface area contributed by atoms with E-state index in [1.54, 1.807) is 7.11 Å². The number of hydrogen-bond acceptors (Lipinski definition) is 3. The lowest BCUT2D eigenvalue weighted by Gasteiger charge is -2.15. The van der Waals surface area contributed by atoms with Crippen LogP contribution >= 0.6 is 0 Å². The number of ether oxygens (including phenoxy) is 1. The summed E-state index contributed by atoms with van der Waals surface area (Å²) >= 11 is 0. The molecule has 4 nitrogen and oxygen atoms in total. The second kappa shape index (κ2) is 5.51. The molecular weight excluding hydrogens is 202 g/mol. The monoisotopic (exact) mass is 221 g/mol. The molecule has 0 aliphatic heterocycles. The van der Waals surface area contributed by atoms with Crippen LogP contribution in [0, 0.1) is 0 Å². The van der Waals surface area contributed by atoms with Crippen molar-refractivity contribution in [3.8, 4) is 5.75 Å². The molecule has 0 aliphatic rings. The van der Waals surface area contributed by atoms with Crippen LogP contribution in [0.15, 0.2) is 23.2 Å². The maximum atomic E-state index is 5.84. The van der Waals surface area contributed by atoms with E-state index in [0.717, 1.165) is 16.9 Å². The van der Waals surface area contributed by atoms with Gasteiger partial charge in [-0.25, -0.2) is 0 Å². The zero-order valence-electron chi connectivity index (χ0n) is 10.0. The molecule has 1 aromatic rings. The summed E-state index contributed by atoms with van der Waals surface area (Å²) in [5, 5.41) is 0. The summed E-state index contributed by atoms with van der Waals surface area (Å²) in [6, 6.07) is 5.87. The Hall–Kier alpha value is -1.55. The number of hydrogen-bond donors (Lipinski definition) is 2. The lowest BCUT2D eigenvalue weighted by atomic mass is 9.98. The van der Waals surface area contributed by atoms with Crippen LogP contribution in [0.5, 0.6) is 5.75 Å². The van der Waals surface area contributed by atoms with Crippen molar-refractivity contribution < 1.29 is 4.74 Å². The van der Waals surface area contributed by atoms with Crippen LogP contribution in [0.1, 0.15) is 30.9 Å². The van der Waals surface area contributed by atoms with Crippen molar-refractivity contribution >= 4 is 5.84 Å². The molecule has 0 saturated carbocycles. The smallest absolute Gasteiger partial charge is 0.133 e. The first-order valence-corrected chi connectivity index (χ1v) is 5.29. The van der Waals surface area contributed by atoms with Gasteiger partial charge in [-0.05, 0) is 17.5 Å². The lowest BCUT2D eigenvalue weighted by Crippen LogP contribution is -2.17. The third-order valence-electron chi connectivity index (χ3n) is 2.41. The summed E-state index contributed by atoms with van der Waals surface area (Å²) in [6.07, 6.45) is 0. The average molecular weight is 221 g/mol. The Morgan fingerprint density at radius 3 is 2.62 bits per heavy atom. The first-order chi connectivity index (χ1) is 7.61. The summed E-state index contributed by atoms with van der Waals surface area (Å²) in [7, 11) is 1.64. The van der Waals surface area contributed by atoms with Crippen molar-refractivity contribution in [2.75, 3.05) is 13.8 Å². The van der Waals surface area contributed by atoms with Crippen LogP contribution in [0.3, 0.4) is 0 Å². The van der Waals surface area contributed by atoms with Crippen LogP contribution in [0.25, 0.3) is 0 Å². The molecule has 4 heteroatoms. The number of rotatable bonds is 4. The van der Waals surface area contributed by atoms with E-state index >= 15 is 0 Å². The number of benzene rings is 1. The Bertz CT molecular complexity index is 386. The van der Waals surface area contributed by atoms with Gasteiger partial charge in [0.2, 0.25) is 0 Å². The van der Waals surface area contributed by atoms with Gasteiger partial charge < -0.3 is 16.2 Å². The van der Waals surface area contributed by atoms with Gasteiger partial charge >= 0.3 is 0 Å². The highest BCUT2D eigenvalue weighted by molar-refractivity contribution is 6.00. The Balaban J connectivity index is 3.29. The van der Waals surface area contributed by atoms with Crippen molar-refractivity contribution in [1.82, 2.24) is 0 Å². The third kappa shape index (κ3) is 2.52. The molecule has 0 fully saturated rings. The van der Waals surface area contributed by atoms with E-state index in [0.29, 0.717) is 11.8 Å². The van der Waals surface area contributed by atoms with Crippen molar-refractivity contribution in [3.63, 3.8) is 0 Å². The van der Waals surface area contributed by atoms with Gasteiger partial charge in [0.05, 0.1) is 19.3 Å². The zero-order valence-corrected chi connectivity index (χ0v) is 10.0. The van der Waals surface area contributed by atoms with E-state index in [4.69, 9.17) is 16.2 Å². The minimum absolute atomic E-state index is 0.181. The topological polar surface area (TPSA) is 73.6 Å². The molecule has 0 radical (unpaired) electrons. The molecule has 4 N–H and O–H groups in total. The summed E-state index contributed by atoms with van der Waals surface area (Å²) in [5.74, 6) is 1.58. The number of para-hydroxylation sites is 1. The molecule has 0 bridgehead atoms. The number of amidine groups is 1. The zero-order chi connectivity index (χ0) is 12.1. The SMILES string of the molecule is COc1c(C(N)=NCN)cccc1C(C)C. The minimum atomic E-state index is 0.181. The van der Waals surface area contributed by atoms with Crippen molar-refractivity contribution in [3.05, 3.63) is 29.3 Å². The van der Waals surface area contributed by atoms with Crippen LogP contribution in [-0.2, 0) is 0 Å². The molecule has 0 atom stereocenters. The van der Waals surface area contributed by atoms with E-state index in [9.17, 15) is 0 Å². The van der Waals surface area contributed by atoms with E-state index in [1.807, 2.05) is 18.2 Å². The van der Waals surface area contributed by atoms with Crippen LogP contribution in [0.2, 0.25) is 0 Å². The van der Waals surface area contributed by atoms with Gasteiger partial charge in [-0.2, -0.15) is 0 Å². The van der Waals surface area contributed by atoms with Gasteiger partial charge in [0.15, 0.2) is 0 Å². The summed E-state index contributed by atoms with van der Waals surface area (Å²) < 4.78 is 5.40. The fourth-order valence-electron chi connectivity index (χ4n) is 1.62. The van der Waals surface area contributed by atoms with Crippen LogP contribution in [0.4, 0.5) is 0 Å². The van der Waals surface area contributed by atoms with Gasteiger partial charge in [-0.3, -0.25) is 4.99 Å². The van der Waals surface area contributed by atoms with E-state index in [1.165, 1.54) is 0 Å². The van der Waals surface area contributed by atoms with Crippen LogP contribution < -0.4 is 16.2 Å². The van der Waals surface area contributed by atoms with Crippen molar-refractivity contribution in [2.24, 2.45) is 16.5 Å². The molecular formula is C12H19N3O. The highest BCUT2D eigenvalue weighted by atomic mass is 16.5. The number of methoxy groups -OCH3 is 1. The standard InChI is InChI=1S/C12H19N3O/c1-8(2)9-5-4-6-10(11(9)16-3)12(14)15-7-13/h4-6,8H,7,13H2,1-3H3,(H2,14,15). The average Bonchev–Trinajstić information content (AvgIpc) is 2.28. The summed E-state index contributed by atoms with van der Waals surface area (Å²) in [5.41, 5.74) is 13.1. The highest BCUT2D eigenvalue weighted by Crippen LogP contribution is 2.29. The third-order valence-corrected chi connectivity index (χ3v) is 2.41. The quantitative estimate of drug-likeness (QED) is 0.597. The van der Waals surface area contributed by atoms with Crippen molar-refractivity contribution in [2.45, 2.75) is 19.8 Å². The lowest BCUT2D eigenvalue weighted by molar-refractivity contribution is 0.406. The molecule has 16 heavy (non-hydrogen) atoms. The normalized spacial score (nSPS) is 11.9. The first kappa shape index (κ1) is 12.5. The molecule has 0 aromatic heterocycles. The molecule has 88 valence electrons. The van der Waals surface area contributed by atoms with Gasteiger partial charge in [0.25, 0.3) is 0 Å². The maximum Gasteiger partial charge on any atom is 0.133 e. The fraction of sp³-hybridized carbons (Fsp3) is 0.417. The van der Waals surface area contributed by atoms with Crippen LogP contribution in [-0.4, -0.2) is 19.6 Å². The molecule has 0 amide bonds. The number of aliphatic imine (C=N–C) groups is 1. The predicted octanol–water partition coefficient (Wildman–Crippen LogP) is 1.44. The van der Waals surface area contributed by atoms with Gasteiger partial charge in [-0.15, -0.1) is 0 Å². The number of nitrogens with two attached hydrogens (primary N) is 2. The Labute approximate surface area is 96.3 Å².